The number of nitrogens with zero attached hydrogens (tertiary/aromatic N) is 4. The number of allylic oxidation sites excluding steroid dienone is 1. The zero-order valence-electron chi connectivity index (χ0n) is 19.5. The van der Waals surface area contributed by atoms with Crippen molar-refractivity contribution in [2.24, 2.45) is 11.0 Å². The van der Waals surface area contributed by atoms with E-state index in [1.54, 1.807) is 48.5 Å². The Balaban J connectivity index is 1.56. The molecule has 10 heteroatoms. The average molecular weight is 517 g/mol. The van der Waals surface area contributed by atoms with E-state index in [4.69, 9.17) is 16.7 Å². The minimum absolute atomic E-state index is 0.0124. The molecule has 1 heterocycles. The molecule has 0 N–H and O–H groups in total. The lowest BCUT2D eigenvalue weighted by atomic mass is 9.77. The predicted octanol–water partition coefficient (Wildman–Crippen LogP) is 6.59. The number of amides is 1. The SMILES string of the molecule is O=C(c1cccc(Cl)c1)N1N=C2/C(=C/c3ccc([N+](=O)[O-])cc3)CCC[C@H]2[C@H]1c1ccc([N+](=O)[O-])cc1. The number of carbonyl (C=O) groups is 1. The van der Waals surface area contributed by atoms with Gasteiger partial charge in [-0.15, -0.1) is 0 Å². The van der Waals surface area contributed by atoms with Crippen molar-refractivity contribution in [3.05, 3.63) is 120 Å². The monoisotopic (exact) mass is 516 g/mol. The third kappa shape index (κ3) is 4.85. The molecule has 3 aromatic carbocycles. The molecule has 0 unspecified atom stereocenters. The van der Waals surface area contributed by atoms with Gasteiger partial charge in [-0.25, -0.2) is 5.01 Å². The van der Waals surface area contributed by atoms with Crippen molar-refractivity contribution in [2.45, 2.75) is 25.3 Å². The Hall–Kier alpha value is -4.37. The number of carbonyl (C=O) groups excluding carboxylic acids is 1. The van der Waals surface area contributed by atoms with Crippen molar-refractivity contribution in [1.82, 2.24) is 5.01 Å². The first-order valence-corrected chi connectivity index (χ1v) is 12.1. The highest BCUT2D eigenvalue weighted by atomic mass is 35.5. The van der Waals surface area contributed by atoms with Gasteiger partial charge >= 0.3 is 0 Å². The Bertz CT molecular complexity index is 1450. The minimum atomic E-state index is -0.457. The molecule has 2 aliphatic rings. The van der Waals surface area contributed by atoms with Crippen LogP contribution in [0.15, 0.2) is 83.5 Å². The van der Waals surface area contributed by atoms with E-state index >= 15 is 0 Å². The van der Waals surface area contributed by atoms with Gasteiger partial charge in [-0.3, -0.25) is 25.0 Å². The van der Waals surface area contributed by atoms with Crippen molar-refractivity contribution < 1.29 is 14.6 Å². The van der Waals surface area contributed by atoms with Gasteiger partial charge in [0.25, 0.3) is 17.3 Å². The standard InChI is InChI=1S/C27H21ClN4O5/c28-21-5-1-4-20(16-21)27(33)30-26(18-9-13-23(14-10-18)32(36)37)24-6-2-3-19(25(24)29-30)15-17-7-11-22(12-8-17)31(34)35/h1,4-5,7-16,24,26H,2-3,6H2/b19-15+/t24-,26-/m1/s1. The summed E-state index contributed by atoms with van der Waals surface area (Å²) in [6, 6.07) is 18.7. The van der Waals surface area contributed by atoms with Crippen molar-refractivity contribution in [2.75, 3.05) is 0 Å². The average Bonchev–Trinajstić information content (AvgIpc) is 3.29. The zero-order chi connectivity index (χ0) is 26.1. The molecule has 0 radical (unpaired) electrons. The van der Waals surface area contributed by atoms with Crippen LogP contribution < -0.4 is 0 Å². The van der Waals surface area contributed by atoms with Crippen LogP contribution in [0.4, 0.5) is 11.4 Å². The molecule has 0 saturated heterocycles. The molecule has 1 fully saturated rings. The molecule has 1 aliphatic carbocycles. The summed E-state index contributed by atoms with van der Waals surface area (Å²) in [5.74, 6) is -0.426. The van der Waals surface area contributed by atoms with Gasteiger partial charge in [-0.2, -0.15) is 5.10 Å². The van der Waals surface area contributed by atoms with Gasteiger partial charge in [-0.1, -0.05) is 29.8 Å². The Morgan fingerprint density at radius 1 is 0.973 bits per heavy atom. The van der Waals surface area contributed by atoms with Gasteiger partial charge < -0.3 is 0 Å². The normalized spacial score (nSPS) is 19.9. The number of hydrogen-bond acceptors (Lipinski definition) is 6. The van der Waals surface area contributed by atoms with Crippen molar-refractivity contribution >= 4 is 40.7 Å². The summed E-state index contributed by atoms with van der Waals surface area (Å²) >= 11 is 6.14. The molecule has 0 bridgehead atoms. The van der Waals surface area contributed by atoms with E-state index in [0.29, 0.717) is 10.6 Å². The van der Waals surface area contributed by atoms with Gasteiger partial charge in [-0.05, 0) is 72.4 Å². The van der Waals surface area contributed by atoms with E-state index in [2.05, 4.69) is 0 Å². The highest BCUT2D eigenvalue weighted by molar-refractivity contribution is 6.31. The fourth-order valence-corrected chi connectivity index (χ4v) is 5.13. The van der Waals surface area contributed by atoms with Crippen molar-refractivity contribution in [1.29, 1.82) is 0 Å². The number of non-ortho nitro benzene ring substituents is 2. The molecular formula is C27H21ClN4O5. The first-order valence-electron chi connectivity index (χ1n) is 11.7. The molecule has 186 valence electrons. The number of hydrogen-bond donors (Lipinski definition) is 0. The van der Waals surface area contributed by atoms with Gasteiger partial charge in [0, 0.05) is 40.8 Å². The van der Waals surface area contributed by atoms with Crippen molar-refractivity contribution in [3.63, 3.8) is 0 Å². The lowest BCUT2D eigenvalue weighted by Crippen LogP contribution is -2.31. The van der Waals surface area contributed by atoms with E-state index in [0.717, 1.165) is 41.7 Å². The summed E-state index contributed by atoms with van der Waals surface area (Å²) in [6.07, 6.45) is 4.36. The Morgan fingerprint density at radius 3 is 2.24 bits per heavy atom. The van der Waals surface area contributed by atoms with E-state index in [-0.39, 0.29) is 23.2 Å². The van der Waals surface area contributed by atoms with Gasteiger partial charge in [0.05, 0.1) is 21.6 Å². The van der Waals surface area contributed by atoms with Crippen LogP contribution in [0, 0.1) is 26.1 Å². The fraction of sp³-hybridized carbons (Fsp3) is 0.185. The number of nitro groups is 2. The third-order valence-electron chi connectivity index (χ3n) is 6.67. The van der Waals surface area contributed by atoms with Crippen LogP contribution in [-0.2, 0) is 0 Å². The van der Waals surface area contributed by atoms with Gasteiger partial charge in [0.15, 0.2) is 0 Å². The number of rotatable bonds is 5. The molecule has 2 atom stereocenters. The number of nitro benzene ring substituents is 2. The Morgan fingerprint density at radius 2 is 1.62 bits per heavy atom. The second kappa shape index (κ2) is 9.94. The van der Waals surface area contributed by atoms with E-state index in [1.807, 2.05) is 6.08 Å². The van der Waals surface area contributed by atoms with E-state index in [9.17, 15) is 25.0 Å². The first-order chi connectivity index (χ1) is 17.8. The van der Waals surface area contributed by atoms with Crippen LogP contribution in [0.2, 0.25) is 5.02 Å². The summed E-state index contributed by atoms with van der Waals surface area (Å²) in [5.41, 5.74) is 3.67. The second-order valence-corrected chi connectivity index (χ2v) is 9.39. The summed E-state index contributed by atoms with van der Waals surface area (Å²) in [4.78, 5) is 34.9. The number of fused-ring (bicyclic) bond motifs is 1. The van der Waals surface area contributed by atoms with E-state index < -0.39 is 15.9 Å². The van der Waals surface area contributed by atoms with Crippen LogP contribution in [0.25, 0.3) is 6.08 Å². The molecule has 0 spiro atoms. The molecule has 5 rings (SSSR count). The maximum Gasteiger partial charge on any atom is 0.274 e. The molecule has 0 aromatic heterocycles. The molecule has 1 amide bonds. The second-order valence-electron chi connectivity index (χ2n) is 8.96. The van der Waals surface area contributed by atoms with E-state index in [1.165, 1.54) is 29.3 Å². The third-order valence-corrected chi connectivity index (χ3v) is 6.91. The van der Waals surface area contributed by atoms with Crippen LogP contribution in [0.1, 0.15) is 46.8 Å². The topological polar surface area (TPSA) is 119 Å². The lowest BCUT2D eigenvalue weighted by molar-refractivity contribution is -0.385. The largest absolute Gasteiger partial charge is 0.274 e. The Labute approximate surface area is 217 Å². The smallest absolute Gasteiger partial charge is 0.267 e. The van der Waals surface area contributed by atoms with Gasteiger partial charge in [0.1, 0.15) is 0 Å². The highest BCUT2D eigenvalue weighted by Crippen LogP contribution is 2.45. The molecule has 1 saturated carbocycles. The van der Waals surface area contributed by atoms with Crippen LogP contribution in [0.5, 0.6) is 0 Å². The maximum atomic E-state index is 13.6. The maximum absolute atomic E-state index is 13.6. The summed E-state index contributed by atoms with van der Waals surface area (Å²) in [6.45, 7) is 0. The summed E-state index contributed by atoms with van der Waals surface area (Å²) in [7, 11) is 0. The molecule has 37 heavy (non-hydrogen) atoms. The molecular weight excluding hydrogens is 496 g/mol. The fourth-order valence-electron chi connectivity index (χ4n) is 4.94. The first kappa shape index (κ1) is 24.3. The summed E-state index contributed by atoms with van der Waals surface area (Å²) in [5, 5.41) is 28.9. The zero-order valence-corrected chi connectivity index (χ0v) is 20.2. The Kier molecular flexibility index (Phi) is 6.54. The minimum Gasteiger partial charge on any atom is -0.267 e. The highest BCUT2D eigenvalue weighted by Gasteiger charge is 2.44. The number of halogens is 1. The molecule has 1 aliphatic heterocycles. The quantitative estimate of drug-likeness (QED) is 0.280. The van der Waals surface area contributed by atoms with Crippen LogP contribution in [0.3, 0.4) is 0 Å². The molecule has 9 nitrogen and oxygen atoms in total. The lowest BCUT2D eigenvalue weighted by Gasteiger charge is -2.29. The van der Waals surface area contributed by atoms with Gasteiger partial charge in [0.2, 0.25) is 0 Å². The van der Waals surface area contributed by atoms with Crippen LogP contribution >= 0.6 is 11.6 Å². The van der Waals surface area contributed by atoms with Crippen LogP contribution in [-0.4, -0.2) is 26.5 Å². The number of benzene rings is 3. The molecule has 3 aromatic rings. The predicted molar refractivity (Wildman–Crippen MR) is 139 cm³/mol. The number of hydrazone groups is 1. The van der Waals surface area contributed by atoms with Crippen molar-refractivity contribution in [3.8, 4) is 0 Å². The summed E-state index contributed by atoms with van der Waals surface area (Å²) < 4.78 is 0.